The van der Waals surface area contributed by atoms with Crippen LogP contribution < -0.4 is 0 Å². The Balaban J connectivity index is 2.71. The molecule has 1 aliphatic heterocycles. The van der Waals surface area contributed by atoms with Crippen LogP contribution in [-0.4, -0.2) is 18.0 Å². The number of hydrogen-bond donors (Lipinski definition) is 0. The number of ether oxygens (including phenoxy) is 1. The minimum atomic E-state index is -0.746. The van der Waals surface area contributed by atoms with Crippen LogP contribution in [-0.2, 0) is 14.3 Å². The topological polar surface area (TPSA) is 55.7 Å². The Hall–Kier alpha value is -1.67. The Morgan fingerprint density at radius 3 is 2.83 bits per heavy atom. The van der Waals surface area contributed by atoms with Gasteiger partial charge in [0, 0.05) is 0 Å². The molecule has 4 nitrogen and oxygen atoms in total. The third kappa shape index (κ3) is 1.33. The van der Waals surface area contributed by atoms with Crippen LogP contribution in [0.5, 0.6) is 0 Å². The summed E-state index contributed by atoms with van der Waals surface area (Å²) in [6.45, 7) is 5.03. The second-order valence-electron chi connectivity index (χ2n) is 2.41. The van der Waals surface area contributed by atoms with E-state index in [9.17, 15) is 9.59 Å². The molecule has 0 aromatic heterocycles. The molecule has 4 heteroatoms. The molecule has 0 aliphatic carbocycles. The van der Waals surface area contributed by atoms with Gasteiger partial charge in [-0.05, 0) is 12.5 Å². The van der Waals surface area contributed by atoms with Gasteiger partial charge in [-0.25, -0.2) is 4.79 Å². The molecule has 0 aromatic rings. The first-order valence-corrected chi connectivity index (χ1v) is 3.30. The average molecular weight is 165 g/mol. The van der Waals surface area contributed by atoms with Gasteiger partial charge in [-0.3, -0.25) is 4.79 Å². The first-order chi connectivity index (χ1) is 5.66. The van der Waals surface area contributed by atoms with Crippen LogP contribution in [0.1, 0.15) is 6.92 Å². The number of aliphatic imine (C=N–C) groups is 1. The molecule has 0 spiro atoms. The molecule has 0 saturated carbocycles. The quantitative estimate of drug-likeness (QED) is 0.351. The third-order valence-corrected chi connectivity index (χ3v) is 1.43. The van der Waals surface area contributed by atoms with Crippen LogP contribution in [0.2, 0.25) is 0 Å². The van der Waals surface area contributed by atoms with E-state index >= 15 is 0 Å². The second-order valence-corrected chi connectivity index (χ2v) is 2.41. The average Bonchev–Trinajstić information content (AvgIpc) is 1.98. The Bertz CT molecular complexity index is 310. The smallest absolute Gasteiger partial charge is 0.240 e. The van der Waals surface area contributed by atoms with E-state index in [1.165, 1.54) is 12.3 Å². The van der Waals surface area contributed by atoms with E-state index in [0.29, 0.717) is 11.3 Å². The maximum Gasteiger partial charge on any atom is 0.240 e. The molecule has 12 heavy (non-hydrogen) atoms. The molecule has 62 valence electrons. The van der Waals surface area contributed by atoms with Crippen molar-refractivity contribution >= 4 is 11.9 Å². The van der Waals surface area contributed by atoms with E-state index in [4.69, 9.17) is 4.74 Å². The molecule has 0 radical (unpaired) electrons. The first kappa shape index (κ1) is 8.43. The minimum Gasteiger partial charge on any atom is -0.481 e. The van der Waals surface area contributed by atoms with Crippen molar-refractivity contribution in [3.05, 3.63) is 24.1 Å². The van der Waals surface area contributed by atoms with Crippen molar-refractivity contribution < 1.29 is 14.3 Å². The minimum absolute atomic E-state index is 0.258. The number of carbonyl (C=O) groups excluding carboxylic acids is 2. The van der Waals surface area contributed by atoms with Gasteiger partial charge in [0.25, 0.3) is 0 Å². The number of Topliss-reactive ketones (excluding diaryl/α,β-unsaturated/α-hetero) is 1. The van der Waals surface area contributed by atoms with Gasteiger partial charge < -0.3 is 4.74 Å². The molecule has 1 unspecified atom stereocenters. The van der Waals surface area contributed by atoms with Gasteiger partial charge in [-0.15, -0.1) is 0 Å². The molecule has 1 aliphatic rings. The highest BCUT2D eigenvalue weighted by molar-refractivity contribution is 6.00. The summed E-state index contributed by atoms with van der Waals surface area (Å²) in [6, 6.07) is 0. The van der Waals surface area contributed by atoms with Crippen molar-refractivity contribution in [2.45, 2.75) is 13.0 Å². The third-order valence-electron chi connectivity index (χ3n) is 1.43. The fourth-order valence-corrected chi connectivity index (χ4v) is 0.755. The van der Waals surface area contributed by atoms with Crippen molar-refractivity contribution in [2.75, 3.05) is 0 Å². The van der Waals surface area contributed by atoms with E-state index in [2.05, 4.69) is 11.6 Å². The zero-order valence-electron chi connectivity index (χ0n) is 6.53. The summed E-state index contributed by atoms with van der Waals surface area (Å²) >= 11 is 0. The van der Waals surface area contributed by atoms with Crippen LogP contribution in [0, 0.1) is 0 Å². The van der Waals surface area contributed by atoms with Gasteiger partial charge >= 0.3 is 0 Å². The molecular formula is C8H7NO3. The van der Waals surface area contributed by atoms with Gasteiger partial charge in [0.2, 0.25) is 18.0 Å². The van der Waals surface area contributed by atoms with E-state index in [-0.39, 0.29) is 5.78 Å². The standard InChI is InChI=1S/C8H7NO3/c1-5(2)7(11)8-6(3-12-8)9-4-10/h3,8H,1H2,2H3. The molecule has 0 aromatic carbocycles. The summed E-state index contributed by atoms with van der Waals surface area (Å²) in [5, 5.41) is 0. The molecule has 1 atom stereocenters. The number of ketones is 1. The summed E-state index contributed by atoms with van der Waals surface area (Å²) in [5.74, 6) is -0.258. The molecule has 0 fully saturated rings. The monoisotopic (exact) mass is 165 g/mol. The largest absolute Gasteiger partial charge is 0.481 e. The van der Waals surface area contributed by atoms with Crippen LogP contribution in [0.4, 0.5) is 0 Å². The number of rotatable bonds is 3. The highest BCUT2D eigenvalue weighted by Gasteiger charge is 2.31. The van der Waals surface area contributed by atoms with Gasteiger partial charge in [-0.2, -0.15) is 4.99 Å². The first-order valence-electron chi connectivity index (χ1n) is 3.30. The number of isocyanates is 1. The Labute approximate surface area is 69.2 Å². The Morgan fingerprint density at radius 1 is 1.83 bits per heavy atom. The SMILES string of the molecule is C=C(C)C(=O)C1OC=C1N=C=O. The zero-order valence-corrected chi connectivity index (χ0v) is 6.53. The normalized spacial score (nSPS) is 19.4. The van der Waals surface area contributed by atoms with Crippen molar-refractivity contribution in [1.82, 2.24) is 0 Å². The van der Waals surface area contributed by atoms with Gasteiger partial charge in [0.15, 0.2) is 0 Å². The van der Waals surface area contributed by atoms with Gasteiger partial charge in [-0.1, -0.05) is 6.58 Å². The number of hydrogen-bond acceptors (Lipinski definition) is 4. The molecule has 0 N–H and O–H groups in total. The lowest BCUT2D eigenvalue weighted by molar-refractivity contribution is -0.124. The van der Waals surface area contributed by atoms with Crippen LogP contribution >= 0.6 is 0 Å². The summed E-state index contributed by atoms with van der Waals surface area (Å²) in [6.07, 6.45) is 1.84. The molecule has 0 bridgehead atoms. The van der Waals surface area contributed by atoms with Crippen molar-refractivity contribution in [1.29, 1.82) is 0 Å². The van der Waals surface area contributed by atoms with E-state index in [1.807, 2.05) is 0 Å². The molecular weight excluding hydrogens is 158 g/mol. The summed E-state index contributed by atoms with van der Waals surface area (Å²) in [5.41, 5.74) is 0.685. The molecule has 0 amide bonds. The van der Waals surface area contributed by atoms with Gasteiger partial charge in [0.05, 0.1) is 0 Å². The van der Waals surface area contributed by atoms with Crippen molar-refractivity contribution in [3.63, 3.8) is 0 Å². The molecule has 1 rings (SSSR count). The van der Waals surface area contributed by atoms with Crippen LogP contribution in [0.15, 0.2) is 29.1 Å². The lowest BCUT2D eigenvalue weighted by Gasteiger charge is -2.22. The highest BCUT2D eigenvalue weighted by Crippen LogP contribution is 2.21. The summed E-state index contributed by atoms with van der Waals surface area (Å²) in [4.78, 5) is 24.3. The van der Waals surface area contributed by atoms with E-state index in [1.54, 1.807) is 6.92 Å². The van der Waals surface area contributed by atoms with E-state index < -0.39 is 6.10 Å². The van der Waals surface area contributed by atoms with E-state index in [0.717, 1.165) is 0 Å². The van der Waals surface area contributed by atoms with Crippen molar-refractivity contribution in [2.24, 2.45) is 4.99 Å². The molecule has 0 saturated heterocycles. The predicted octanol–water partition coefficient (Wildman–Crippen LogP) is 0.708. The maximum absolute atomic E-state index is 11.2. The van der Waals surface area contributed by atoms with Gasteiger partial charge in [0.1, 0.15) is 12.0 Å². The van der Waals surface area contributed by atoms with Crippen molar-refractivity contribution in [3.8, 4) is 0 Å². The predicted molar refractivity (Wildman–Crippen MR) is 40.9 cm³/mol. The fourth-order valence-electron chi connectivity index (χ4n) is 0.755. The van der Waals surface area contributed by atoms with Crippen LogP contribution in [0.3, 0.4) is 0 Å². The Morgan fingerprint density at radius 2 is 2.50 bits per heavy atom. The lowest BCUT2D eigenvalue weighted by Crippen LogP contribution is -2.31. The zero-order chi connectivity index (χ0) is 9.14. The second kappa shape index (κ2) is 3.15. The fraction of sp³-hybridized carbons (Fsp3) is 0.250. The maximum atomic E-state index is 11.2. The highest BCUT2D eigenvalue weighted by atomic mass is 16.5. The lowest BCUT2D eigenvalue weighted by atomic mass is 10.1. The number of nitrogens with zero attached hydrogens (tertiary/aromatic N) is 1. The molecule has 1 heterocycles. The summed E-state index contributed by atoms with van der Waals surface area (Å²) in [7, 11) is 0. The Kier molecular flexibility index (Phi) is 2.21. The number of carbonyl (C=O) groups is 1. The summed E-state index contributed by atoms with van der Waals surface area (Å²) < 4.78 is 4.77. The van der Waals surface area contributed by atoms with Crippen LogP contribution in [0.25, 0.3) is 0 Å².